The predicted molar refractivity (Wildman–Crippen MR) is 144 cm³/mol. The Morgan fingerprint density at radius 1 is 1.00 bits per heavy atom. The van der Waals surface area contributed by atoms with E-state index in [1.54, 1.807) is 24.3 Å². The average Bonchev–Trinajstić information content (AvgIpc) is 2.98. The molecule has 2 aliphatic heterocycles. The van der Waals surface area contributed by atoms with Crippen molar-refractivity contribution >= 4 is 29.5 Å². The fraction of sp³-hybridized carbons (Fsp3) is 0.207. The van der Waals surface area contributed by atoms with Gasteiger partial charge >= 0.3 is 5.97 Å². The van der Waals surface area contributed by atoms with Crippen molar-refractivity contribution in [2.45, 2.75) is 24.1 Å². The lowest BCUT2D eigenvalue weighted by Gasteiger charge is -2.49. The molecule has 2 aliphatic rings. The monoisotopic (exact) mass is 529 g/mol. The molecule has 1 unspecified atom stereocenters. The molecule has 1 saturated heterocycles. The van der Waals surface area contributed by atoms with Crippen molar-refractivity contribution in [2.24, 2.45) is 5.73 Å². The number of esters is 1. The fourth-order valence-electron chi connectivity index (χ4n) is 4.56. The van der Waals surface area contributed by atoms with Gasteiger partial charge in [0.25, 0.3) is 11.8 Å². The Morgan fingerprint density at radius 2 is 1.61 bits per heavy atom. The number of amides is 2. The van der Waals surface area contributed by atoms with Crippen LogP contribution in [0.15, 0.2) is 96.2 Å². The van der Waals surface area contributed by atoms with Gasteiger partial charge in [-0.25, -0.2) is 4.79 Å². The number of fused-ring (bicyclic) bond motifs is 1. The minimum absolute atomic E-state index is 0.0379. The normalized spacial score (nSPS) is 18.6. The van der Waals surface area contributed by atoms with Crippen molar-refractivity contribution in [2.75, 3.05) is 12.4 Å². The van der Waals surface area contributed by atoms with Crippen LogP contribution in [0.1, 0.15) is 33.2 Å². The summed E-state index contributed by atoms with van der Waals surface area (Å²) in [6, 6.07) is 24.7. The zero-order chi connectivity index (χ0) is 26.6. The number of thioether (sulfide) groups is 1. The van der Waals surface area contributed by atoms with Crippen LogP contribution in [0.25, 0.3) is 0 Å². The van der Waals surface area contributed by atoms with E-state index in [1.165, 1.54) is 16.7 Å². The Kier molecular flexibility index (Phi) is 7.59. The van der Waals surface area contributed by atoms with Gasteiger partial charge in [0.15, 0.2) is 6.10 Å². The molecule has 2 atom stereocenters. The van der Waals surface area contributed by atoms with Gasteiger partial charge in [0.2, 0.25) is 0 Å². The Morgan fingerprint density at radius 3 is 2.16 bits per heavy atom. The van der Waals surface area contributed by atoms with Gasteiger partial charge in [-0.15, -0.1) is 11.8 Å². The van der Waals surface area contributed by atoms with Crippen LogP contribution < -0.4 is 11.1 Å². The zero-order valence-corrected chi connectivity index (χ0v) is 21.3. The lowest BCUT2D eigenvalue weighted by atomic mass is 10.0. The lowest BCUT2D eigenvalue weighted by Crippen LogP contribution is -2.70. The Bertz CT molecular complexity index is 1320. The van der Waals surface area contributed by atoms with Crippen molar-refractivity contribution in [1.29, 1.82) is 0 Å². The zero-order valence-electron chi connectivity index (χ0n) is 20.4. The van der Waals surface area contributed by atoms with Gasteiger partial charge in [-0.1, -0.05) is 72.8 Å². The molecule has 0 bridgehead atoms. The summed E-state index contributed by atoms with van der Waals surface area (Å²) in [4.78, 5) is 40.9. The van der Waals surface area contributed by atoms with E-state index in [2.05, 4.69) is 5.32 Å². The maximum Gasteiger partial charge on any atom is 0.356 e. The maximum atomic E-state index is 13.6. The number of β-lactam (4-membered cyclic amide) rings is 1. The molecule has 9 heteroatoms. The molecule has 0 aliphatic carbocycles. The number of aliphatic hydroxyl groups excluding tert-OH is 1. The van der Waals surface area contributed by atoms with Gasteiger partial charge in [0, 0.05) is 17.9 Å². The second kappa shape index (κ2) is 11.2. The summed E-state index contributed by atoms with van der Waals surface area (Å²) in [5.74, 6) is -1.19. The van der Waals surface area contributed by atoms with E-state index in [-0.39, 0.29) is 18.2 Å². The van der Waals surface area contributed by atoms with Crippen molar-refractivity contribution in [1.82, 2.24) is 10.2 Å². The quantitative estimate of drug-likeness (QED) is 0.303. The number of aliphatic hydroxyl groups is 1. The van der Waals surface area contributed by atoms with Crippen LogP contribution in [0.2, 0.25) is 0 Å². The highest BCUT2D eigenvalue weighted by atomic mass is 32.2. The molecule has 5 rings (SSSR count). The summed E-state index contributed by atoms with van der Waals surface area (Å²) >= 11 is 1.38. The number of nitrogens with zero attached hydrogens (tertiary/aromatic N) is 1. The number of hydrogen-bond acceptors (Lipinski definition) is 7. The molecule has 1 fully saturated rings. The van der Waals surface area contributed by atoms with E-state index in [1.807, 2.05) is 60.7 Å². The third kappa shape index (κ3) is 4.96. The van der Waals surface area contributed by atoms with Crippen LogP contribution in [0.3, 0.4) is 0 Å². The molecule has 2 amide bonds. The molecule has 0 aromatic heterocycles. The molecular weight excluding hydrogens is 502 g/mol. The molecule has 8 nitrogen and oxygen atoms in total. The van der Waals surface area contributed by atoms with E-state index in [0.29, 0.717) is 23.4 Å². The van der Waals surface area contributed by atoms with Crippen LogP contribution in [0, 0.1) is 0 Å². The van der Waals surface area contributed by atoms with Gasteiger partial charge in [0.1, 0.15) is 17.1 Å². The molecule has 0 radical (unpaired) electrons. The second-order valence-corrected chi connectivity index (χ2v) is 10.1. The summed E-state index contributed by atoms with van der Waals surface area (Å²) in [6.45, 7) is -0.0235. The first-order valence-corrected chi connectivity index (χ1v) is 13.2. The Hall–Kier alpha value is -3.92. The first-order chi connectivity index (χ1) is 18.5. The van der Waals surface area contributed by atoms with Crippen LogP contribution >= 0.6 is 11.8 Å². The highest BCUT2D eigenvalue weighted by molar-refractivity contribution is 8.00. The minimum Gasteiger partial charge on any atom is -0.448 e. The molecule has 0 spiro atoms. The molecule has 4 N–H and O–H groups in total. The number of nitrogens with two attached hydrogens (primary N) is 1. The Labute approximate surface area is 224 Å². The van der Waals surface area contributed by atoms with Gasteiger partial charge in [-0.3, -0.25) is 14.5 Å². The maximum absolute atomic E-state index is 13.6. The number of ether oxygens (including phenoxy) is 1. The van der Waals surface area contributed by atoms with Crippen LogP contribution in [-0.2, 0) is 20.9 Å². The van der Waals surface area contributed by atoms with Crippen molar-refractivity contribution in [3.05, 3.63) is 118 Å². The summed E-state index contributed by atoms with van der Waals surface area (Å²) in [7, 11) is 0. The van der Waals surface area contributed by atoms with E-state index in [0.717, 1.165) is 16.7 Å². The van der Waals surface area contributed by atoms with E-state index < -0.39 is 29.4 Å². The minimum atomic E-state index is -0.802. The average molecular weight is 530 g/mol. The first kappa shape index (κ1) is 25.7. The second-order valence-electron chi connectivity index (χ2n) is 8.98. The molecular formula is C29H27N3O5S. The van der Waals surface area contributed by atoms with Gasteiger partial charge in [-0.2, -0.15) is 0 Å². The van der Waals surface area contributed by atoms with Gasteiger partial charge in [0.05, 0.1) is 6.61 Å². The predicted octanol–water partition coefficient (Wildman–Crippen LogP) is 2.74. The van der Waals surface area contributed by atoms with Crippen molar-refractivity contribution in [3.8, 4) is 0 Å². The summed E-state index contributed by atoms with van der Waals surface area (Å²) in [5.41, 5.74) is 8.93. The van der Waals surface area contributed by atoms with Crippen LogP contribution in [0.5, 0.6) is 0 Å². The highest BCUT2D eigenvalue weighted by Crippen LogP contribution is 2.41. The van der Waals surface area contributed by atoms with Crippen molar-refractivity contribution in [3.63, 3.8) is 0 Å². The number of carbonyl (C=O) groups is 3. The molecule has 2 heterocycles. The summed E-state index contributed by atoms with van der Waals surface area (Å²) < 4.78 is 5.99. The smallest absolute Gasteiger partial charge is 0.356 e. The number of carbonyl (C=O) groups excluding carboxylic acids is 3. The van der Waals surface area contributed by atoms with E-state index >= 15 is 0 Å². The standard InChI is InChI=1S/C29H27N3O5S/c30-15-18-11-13-21(14-12-18)26(34)31-23-27(35)32-24(22(16-33)17-38-28(23)32)29(36)37-25(19-7-3-1-4-8-19)20-9-5-2-6-10-20/h1-14,23,25,28,33H,15-17,30H2,(H,31,34)/t23?,28-/m1/s1. The largest absolute Gasteiger partial charge is 0.448 e. The number of nitrogens with one attached hydrogen (secondary N) is 1. The van der Waals surface area contributed by atoms with E-state index in [4.69, 9.17) is 10.5 Å². The third-order valence-electron chi connectivity index (χ3n) is 6.60. The molecule has 38 heavy (non-hydrogen) atoms. The number of rotatable bonds is 8. The molecule has 0 saturated carbocycles. The first-order valence-electron chi connectivity index (χ1n) is 12.2. The third-order valence-corrected chi connectivity index (χ3v) is 7.94. The van der Waals surface area contributed by atoms with Gasteiger partial charge < -0.3 is 20.9 Å². The molecule has 3 aromatic carbocycles. The van der Waals surface area contributed by atoms with Crippen molar-refractivity contribution < 1.29 is 24.2 Å². The van der Waals surface area contributed by atoms with E-state index in [9.17, 15) is 19.5 Å². The fourth-order valence-corrected chi connectivity index (χ4v) is 5.89. The van der Waals surface area contributed by atoms with Gasteiger partial charge in [-0.05, 0) is 34.4 Å². The summed E-state index contributed by atoms with van der Waals surface area (Å²) in [5, 5.41) is 12.3. The SMILES string of the molecule is NCc1ccc(C(=O)NC2C(=O)N3C(C(=O)OC(c4ccccc4)c4ccccc4)=C(CO)CS[C@H]23)cc1. The number of benzene rings is 3. The van der Waals surface area contributed by atoms with Crippen LogP contribution in [-0.4, -0.2) is 51.6 Å². The lowest BCUT2D eigenvalue weighted by molar-refractivity contribution is -0.153. The molecule has 3 aromatic rings. The number of hydrogen-bond donors (Lipinski definition) is 3. The topological polar surface area (TPSA) is 122 Å². The highest BCUT2D eigenvalue weighted by Gasteiger charge is 2.54. The van der Waals surface area contributed by atoms with Crippen LogP contribution in [0.4, 0.5) is 0 Å². The molecule has 194 valence electrons. The Balaban J connectivity index is 1.36. The summed E-state index contributed by atoms with van der Waals surface area (Å²) in [6.07, 6.45) is -0.700.